The standard InChI is InChI=1S/C23H21FN4O2.C14H10BrFN2O.C9H12BN2O3.CH4/c1-29-19-5-7-26-23(24)21(19)15-2-3-17-14-27-22(18(17)12-15)16-4-6-25-20(13-16)28-8-10-30-11-9-28;1-19-11-4-5-17-14(16)12(11)8-2-3-9-7-18-13(15)10(9)6-8;13-10-15-8-1-2-11-9(7-8)12-3-5-14-6-4-12;/h2-7,12-13H,8-11,14H2,1H3;2-6H,7H2,1H3;1-2,7,13H,3-6H2;1H4. The molecular weight excluding hydrogens is 901 g/mol. The lowest BCUT2D eigenvalue weighted by molar-refractivity contribution is 0.122. The number of aromatic nitrogens is 4. The van der Waals surface area contributed by atoms with E-state index in [1.54, 1.807) is 30.5 Å². The van der Waals surface area contributed by atoms with Gasteiger partial charge in [-0.2, -0.15) is 8.78 Å². The molecule has 4 aliphatic heterocycles. The zero-order chi connectivity index (χ0) is 44.4. The normalized spacial score (nSPS) is 14.8. The van der Waals surface area contributed by atoms with E-state index < -0.39 is 11.9 Å². The average molecular weight is 949 g/mol. The van der Waals surface area contributed by atoms with Crippen molar-refractivity contribution in [2.75, 3.05) is 76.6 Å². The molecule has 0 bridgehead atoms. The first kappa shape index (κ1) is 46.7. The lowest BCUT2D eigenvalue weighted by Gasteiger charge is -2.28. The SMILES string of the molecule is C.COc1ccnc(F)c1-c1ccc2c(c1)C(Br)=NC2.COc1ccnc(F)c1-c1ccc2c(c1)C(c1ccnc(N3CCOCC3)c1)=NC2.O[B]Oc1ccnc(N2CCOCC2)c1. The van der Waals surface area contributed by atoms with E-state index in [4.69, 9.17) is 33.6 Å². The molecule has 0 unspecified atom stereocenters. The number of hydrogen-bond donors (Lipinski definition) is 1. The summed E-state index contributed by atoms with van der Waals surface area (Å²) in [7, 11) is 3.71. The molecule has 2 aromatic carbocycles. The predicted molar refractivity (Wildman–Crippen MR) is 251 cm³/mol. The van der Waals surface area contributed by atoms with E-state index in [0.717, 1.165) is 94.7 Å². The van der Waals surface area contributed by atoms with Crippen LogP contribution in [0.4, 0.5) is 20.4 Å². The van der Waals surface area contributed by atoms with E-state index in [1.165, 1.54) is 26.6 Å². The number of nitrogens with zero attached hydrogens (tertiary/aromatic N) is 8. The van der Waals surface area contributed by atoms with Gasteiger partial charge in [-0.1, -0.05) is 31.7 Å². The van der Waals surface area contributed by atoms with Crippen LogP contribution in [-0.4, -0.2) is 110 Å². The number of fused-ring (bicyclic) bond motifs is 2. The van der Waals surface area contributed by atoms with Crippen LogP contribution in [0.2, 0.25) is 0 Å². The second-order valence-electron chi connectivity index (χ2n) is 14.5. The van der Waals surface area contributed by atoms with E-state index in [1.807, 2.05) is 48.7 Å². The number of rotatable bonds is 9. The summed E-state index contributed by atoms with van der Waals surface area (Å²) in [6, 6.07) is 22.4. The summed E-state index contributed by atoms with van der Waals surface area (Å²) in [5.41, 5.74) is 8.30. The van der Waals surface area contributed by atoms with Crippen molar-refractivity contribution in [1.82, 2.24) is 19.9 Å². The van der Waals surface area contributed by atoms with Crippen molar-refractivity contribution in [2.45, 2.75) is 20.5 Å². The second kappa shape index (κ2) is 22.0. The van der Waals surface area contributed by atoms with Crippen molar-refractivity contribution in [3.8, 4) is 39.5 Å². The third-order valence-corrected chi connectivity index (χ3v) is 11.5. The van der Waals surface area contributed by atoms with Crippen molar-refractivity contribution in [3.63, 3.8) is 0 Å². The molecule has 1 N–H and O–H groups in total. The number of benzene rings is 2. The first-order valence-corrected chi connectivity index (χ1v) is 21.2. The first-order chi connectivity index (χ1) is 31.3. The highest BCUT2D eigenvalue weighted by atomic mass is 79.9. The zero-order valence-corrected chi connectivity index (χ0v) is 36.7. The van der Waals surface area contributed by atoms with Crippen LogP contribution < -0.4 is 23.9 Å². The highest BCUT2D eigenvalue weighted by Gasteiger charge is 2.23. The fourth-order valence-electron chi connectivity index (χ4n) is 7.62. The van der Waals surface area contributed by atoms with Crippen LogP contribution >= 0.6 is 15.9 Å². The molecule has 335 valence electrons. The third kappa shape index (κ3) is 10.8. The van der Waals surface area contributed by atoms with Crippen molar-refractivity contribution < 1.29 is 37.4 Å². The molecule has 0 spiro atoms. The Labute approximate surface area is 385 Å². The highest BCUT2D eigenvalue weighted by molar-refractivity contribution is 9.18. The highest BCUT2D eigenvalue weighted by Crippen LogP contribution is 2.36. The van der Waals surface area contributed by atoms with Crippen LogP contribution in [0.15, 0.2) is 108 Å². The summed E-state index contributed by atoms with van der Waals surface area (Å²) >= 11 is 3.41. The van der Waals surface area contributed by atoms with E-state index in [0.29, 0.717) is 67.9 Å². The molecule has 0 amide bonds. The van der Waals surface area contributed by atoms with Gasteiger partial charge < -0.3 is 38.4 Å². The summed E-state index contributed by atoms with van der Waals surface area (Å²) in [6.45, 7) is 7.43. The Morgan fingerprint density at radius 1 is 0.615 bits per heavy atom. The molecule has 4 aromatic heterocycles. The van der Waals surface area contributed by atoms with E-state index >= 15 is 0 Å². The predicted octanol–water partition coefficient (Wildman–Crippen LogP) is 7.49. The zero-order valence-electron chi connectivity index (χ0n) is 35.1. The lowest BCUT2D eigenvalue weighted by atomic mass is 9.95. The van der Waals surface area contributed by atoms with E-state index in [-0.39, 0.29) is 7.43 Å². The summed E-state index contributed by atoms with van der Waals surface area (Å²) < 4.78 is 55.4. The Bertz CT molecular complexity index is 2670. The molecule has 0 aliphatic carbocycles. The molecule has 0 saturated carbocycles. The van der Waals surface area contributed by atoms with Gasteiger partial charge in [0.2, 0.25) is 11.9 Å². The Kier molecular flexibility index (Phi) is 15.8. The Morgan fingerprint density at radius 2 is 1.12 bits per heavy atom. The molecule has 10 rings (SSSR count). The van der Waals surface area contributed by atoms with Gasteiger partial charge >= 0.3 is 7.69 Å². The fraction of sp³-hybridized carbons (Fsp3) is 0.277. The number of hydrogen-bond acceptors (Lipinski definition) is 14. The minimum atomic E-state index is -0.552. The molecular formula is C47H47BBrF2N8O6. The monoisotopic (exact) mass is 947 g/mol. The quantitative estimate of drug-likeness (QED) is 0.113. The number of ether oxygens (including phenoxy) is 4. The molecule has 0 atom stereocenters. The van der Waals surface area contributed by atoms with Crippen LogP contribution in [0.5, 0.6) is 17.2 Å². The summed E-state index contributed by atoms with van der Waals surface area (Å²) in [6.07, 6.45) is 6.27. The molecule has 8 heterocycles. The van der Waals surface area contributed by atoms with Crippen LogP contribution in [0.25, 0.3) is 22.3 Å². The van der Waals surface area contributed by atoms with Gasteiger partial charge in [-0.15, -0.1) is 0 Å². The average Bonchev–Trinajstić information content (AvgIpc) is 3.95. The van der Waals surface area contributed by atoms with Gasteiger partial charge in [0.05, 0.1) is 70.6 Å². The topological polar surface area (TPSA) is 149 Å². The van der Waals surface area contributed by atoms with Crippen LogP contribution in [0.1, 0.15) is 35.2 Å². The number of methoxy groups -OCH3 is 2. The number of aliphatic imine (C=N–C) groups is 2. The molecule has 2 saturated heterocycles. The first-order valence-electron chi connectivity index (χ1n) is 20.4. The number of morpholine rings is 2. The molecule has 65 heavy (non-hydrogen) atoms. The minimum absolute atomic E-state index is 0. The maximum Gasteiger partial charge on any atom is 0.569 e. The van der Waals surface area contributed by atoms with Gasteiger partial charge in [-0.25, -0.2) is 19.9 Å². The number of halogens is 3. The Balaban J connectivity index is 0.000000155. The lowest BCUT2D eigenvalue weighted by Crippen LogP contribution is -2.36. The molecule has 6 aromatic rings. The largest absolute Gasteiger partial charge is 0.569 e. The Hall–Kier alpha value is -6.34. The van der Waals surface area contributed by atoms with E-state index in [2.05, 4.69) is 56.7 Å². The maximum absolute atomic E-state index is 14.5. The molecule has 18 heteroatoms. The van der Waals surface area contributed by atoms with Gasteiger partial charge in [0.1, 0.15) is 33.5 Å². The molecule has 4 aliphatic rings. The minimum Gasteiger partial charge on any atom is -0.537 e. The molecule has 2 fully saturated rings. The van der Waals surface area contributed by atoms with Crippen LogP contribution in [0, 0.1) is 11.9 Å². The van der Waals surface area contributed by atoms with Gasteiger partial charge in [0.15, 0.2) is 0 Å². The fourth-order valence-corrected chi connectivity index (χ4v) is 8.12. The summed E-state index contributed by atoms with van der Waals surface area (Å²) in [4.78, 5) is 29.7. The summed E-state index contributed by atoms with van der Waals surface area (Å²) in [5, 5.41) is 8.52. The third-order valence-electron chi connectivity index (χ3n) is 10.8. The maximum atomic E-state index is 14.5. The van der Waals surface area contributed by atoms with Crippen LogP contribution in [0.3, 0.4) is 0 Å². The van der Waals surface area contributed by atoms with Crippen molar-refractivity contribution in [3.05, 3.63) is 137 Å². The van der Waals surface area contributed by atoms with Gasteiger partial charge in [-0.3, -0.25) is 9.98 Å². The smallest absolute Gasteiger partial charge is 0.537 e. The number of pyridine rings is 4. The molecule has 14 nitrogen and oxygen atoms in total. The van der Waals surface area contributed by atoms with Gasteiger partial charge in [0.25, 0.3) is 0 Å². The number of anilines is 2. The van der Waals surface area contributed by atoms with Crippen molar-refractivity contribution >= 4 is 45.6 Å². The van der Waals surface area contributed by atoms with Crippen molar-refractivity contribution in [1.29, 1.82) is 0 Å². The van der Waals surface area contributed by atoms with Gasteiger partial charge in [-0.05, 0) is 80.6 Å². The molecule has 1 radical (unpaired) electrons. The van der Waals surface area contributed by atoms with E-state index in [9.17, 15) is 8.78 Å². The Morgan fingerprint density at radius 3 is 1.69 bits per heavy atom. The van der Waals surface area contributed by atoms with Gasteiger partial charge in [0, 0.05) is 73.7 Å². The van der Waals surface area contributed by atoms with Crippen LogP contribution in [-0.2, 0) is 22.6 Å². The summed E-state index contributed by atoms with van der Waals surface area (Å²) in [5.74, 6) is 2.18. The second-order valence-corrected chi connectivity index (χ2v) is 15.3. The van der Waals surface area contributed by atoms with Crippen molar-refractivity contribution in [2.24, 2.45) is 9.98 Å².